The Bertz CT molecular complexity index is 808. The molecular formula is C25H33NO3. The first-order valence-corrected chi connectivity index (χ1v) is 10.6. The summed E-state index contributed by atoms with van der Waals surface area (Å²) < 4.78 is 0. The average Bonchev–Trinajstić information content (AvgIpc) is 2.64. The molecule has 1 aliphatic heterocycles. The molecule has 0 saturated heterocycles. The van der Waals surface area contributed by atoms with Crippen LogP contribution in [0.4, 0.5) is 0 Å². The van der Waals surface area contributed by atoms with Crippen molar-refractivity contribution in [2.24, 2.45) is 11.8 Å². The highest BCUT2D eigenvalue weighted by Gasteiger charge is 2.24. The number of ketones is 2. The monoisotopic (exact) mass is 395 g/mol. The Balaban J connectivity index is 2.21. The number of Topliss-reactive ketones (excluding diaryl/α,β-unsaturated/α-hetero) is 1. The molecule has 4 nitrogen and oxygen atoms in total. The molecule has 2 rings (SSSR count). The standard InChI is InChI=1S/C25H33NO3/c1-17-9-6-5-7-12-20(4)25(29)26-23-16-22(27)15-21(24(23)28)14-19(3)11-8-10-18(2)13-17/h5,7,12-13,15-16,18-19H,6,8-11,14H2,1-4H3,(H,26,29). The van der Waals surface area contributed by atoms with Gasteiger partial charge < -0.3 is 5.32 Å². The summed E-state index contributed by atoms with van der Waals surface area (Å²) in [5.74, 6) is -0.0250. The summed E-state index contributed by atoms with van der Waals surface area (Å²) in [4.78, 5) is 37.2. The smallest absolute Gasteiger partial charge is 0.251 e. The molecule has 156 valence electrons. The molecule has 0 aromatic rings. The van der Waals surface area contributed by atoms with Crippen molar-refractivity contribution >= 4 is 17.5 Å². The molecule has 0 aromatic carbocycles. The molecule has 0 fully saturated rings. The second kappa shape index (κ2) is 10.9. The van der Waals surface area contributed by atoms with Gasteiger partial charge in [0.25, 0.3) is 5.91 Å². The number of allylic oxidation sites excluding steroid dienone is 8. The van der Waals surface area contributed by atoms with Crippen LogP contribution in [0.15, 0.2) is 58.9 Å². The van der Waals surface area contributed by atoms with E-state index in [1.807, 2.05) is 12.2 Å². The Kier molecular flexibility index (Phi) is 8.56. The molecule has 2 atom stereocenters. The van der Waals surface area contributed by atoms with Crippen molar-refractivity contribution in [2.45, 2.75) is 66.2 Å². The Morgan fingerprint density at radius 2 is 1.79 bits per heavy atom. The van der Waals surface area contributed by atoms with E-state index in [0.29, 0.717) is 29.4 Å². The van der Waals surface area contributed by atoms with Gasteiger partial charge in [0.1, 0.15) is 0 Å². The fraction of sp³-hybridized carbons (Fsp3) is 0.480. The second-order valence-electron chi connectivity index (χ2n) is 8.46. The minimum atomic E-state index is -0.362. The molecule has 1 aliphatic carbocycles. The molecule has 0 radical (unpaired) electrons. The van der Waals surface area contributed by atoms with Crippen LogP contribution in [0.3, 0.4) is 0 Å². The van der Waals surface area contributed by atoms with Gasteiger partial charge in [0.15, 0.2) is 5.78 Å². The predicted molar refractivity (Wildman–Crippen MR) is 117 cm³/mol. The quantitative estimate of drug-likeness (QED) is 0.456. The van der Waals surface area contributed by atoms with Crippen LogP contribution >= 0.6 is 0 Å². The van der Waals surface area contributed by atoms with E-state index in [1.165, 1.54) is 17.7 Å². The zero-order chi connectivity index (χ0) is 21.4. The van der Waals surface area contributed by atoms with E-state index in [-0.39, 0.29) is 23.2 Å². The first-order chi connectivity index (χ1) is 13.8. The molecule has 1 amide bonds. The molecule has 4 heteroatoms. The summed E-state index contributed by atoms with van der Waals surface area (Å²) in [6, 6.07) is 0. The van der Waals surface area contributed by atoms with Crippen LogP contribution in [-0.4, -0.2) is 17.5 Å². The minimum absolute atomic E-state index is 0.0767. The number of rotatable bonds is 0. The first-order valence-electron chi connectivity index (χ1n) is 10.6. The highest BCUT2D eigenvalue weighted by Crippen LogP contribution is 2.24. The van der Waals surface area contributed by atoms with Gasteiger partial charge in [-0.1, -0.05) is 56.6 Å². The number of carbonyl (C=O) groups is 3. The van der Waals surface area contributed by atoms with Gasteiger partial charge in [-0.2, -0.15) is 0 Å². The maximum absolute atomic E-state index is 12.8. The van der Waals surface area contributed by atoms with E-state index >= 15 is 0 Å². The summed E-state index contributed by atoms with van der Waals surface area (Å²) in [7, 11) is 0. The van der Waals surface area contributed by atoms with Gasteiger partial charge >= 0.3 is 0 Å². The lowest BCUT2D eigenvalue weighted by Crippen LogP contribution is -2.31. The number of hydrogen-bond donors (Lipinski definition) is 1. The maximum Gasteiger partial charge on any atom is 0.251 e. The maximum atomic E-state index is 12.8. The van der Waals surface area contributed by atoms with Crippen LogP contribution in [0.1, 0.15) is 66.2 Å². The number of hydrogen-bond acceptors (Lipinski definition) is 3. The van der Waals surface area contributed by atoms with Crippen molar-refractivity contribution in [2.75, 3.05) is 0 Å². The van der Waals surface area contributed by atoms with E-state index in [2.05, 4.69) is 32.2 Å². The Hall–Kier alpha value is -2.49. The van der Waals surface area contributed by atoms with Crippen molar-refractivity contribution in [3.63, 3.8) is 0 Å². The van der Waals surface area contributed by atoms with Gasteiger partial charge in [-0.3, -0.25) is 14.4 Å². The van der Waals surface area contributed by atoms with Crippen molar-refractivity contribution in [3.8, 4) is 0 Å². The van der Waals surface area contributed by atoms with Gasteiger partial charge in [-0.05, 0) is 57.4 Å². The van der Waals surface area contributed by atoms with E-state index in [4.69, 9.17) is 0 Å². The molecular weight excluding hydrogens is 362 g/mol. The first kappa shape index (κ1) is 22.8. The molecule has 2 unspecified atom stereocenters. The van der Waals surface area contributed by atoms with Crippen LogP contribution in [0.2, 0.25) is 0 Å². The highest BCUT2D eigenvalue weighted by atomic mass is 16.2. The third-order valence-electron chi connectivity index (χ3n) is 5.43. The van der Waals surface area contributed by atoms with Crippen LogP contribution in [0.25, 0.3) is 0 Å². The SMILES string of the molecule is CC1=CC(C)CCCC(C)CC2=CC(=O)C=C(NC(=O)C(C)=CC=CCC1)C2=O. The van der Waals surface area contributed by atoms with Gasteiger partial charge in [0, 0.05) is 17.2 Å². The number of fused-ring (bicyclic) bond motifs is 2. The fourth-order valence-electron chi connectivity index (χ4n) is 3.74. The summed E-state index contributed by atoms with van der Waals surface area (Å²) in [5.41, 5.74) is 2.45. The zero-order valence-corrected chi connectivity index (χ0v) is 18.1. The highest BCUT2D eigenvalue weighted by molar-refractivity contribution is 6.21. The number of amides is 1. The second-order valence-corrected chi connectivity index (χ2v) is 8.46. The molecule has 2 aliphatic rings. The van der Waals surface area contributed by atoms with Crippen LogP contribution < -0.4 is 5.32 Å². The summed E-state index contributed by atoms with van der Waals surface area (Å²) in [5, 5.41) is 2.62. The molecule has 0 saturated carbocycles. The van der Waals surface area contributed by atoms with Crippen molar-refractivity contribution in [3.05, 3.63) is 58.9 Å². The van der Waals surface area contributed by atoms with Crippen molar-refractivity contribution in [1.29, 1.82) is 0 Å². The predicted octanol–water partition coefficient (Wildman–Crippen LogP) is 5.14. The molecule has 29 heavy (non-hydrogen) atoms. The Labute approximate surface area is 174 Å². The lowest BCUT2D eigenvalue weighted by atomic mass is 9.88. The lowest BCUT2D eigenvalue weighted by Gasteiger charge is -2.18. The molecule has 0 aromatic heterocycles. The lowest BCUT2D eigenvalue weighted by molar-refractivity contribution is -0.120. The Morgan fingerprint density at radius 3 is 2.55 bits per heavy atom. The van der Waals surface area contributed by atoms with Crippen molar-refractivity contribution in [1.82, 2.24) is 5.32 Å². The van der Waals surface area contributed by atoms with E-state index in [9.17, 15) is 14.4 Å². The Morgan fingerprint density at radius 1 is 1.03 bits per heavy atom. The number of nitrogens with one attached hydrogen (secondary N) is 1. The summed E-state index contributed by atoms with van der Waals surface area (Å²) in [6.07, 6.45) is 16.3. The fourth-order valence-corrected chi connectivity index (χ4v) is 3.74. The van der Waals surface area contributed by atoms with Crippen LogP contribution in [-0.2, 0) is 14.4 Å². The number of carbonyl (C=O) groups excluding carboxylic acids is 3. The molecule has 2 bridgehead atoms. The average molecular weight is 396 g/mol. The van der Waals surface area contributed by atoms with E-state index in [1.54, 1.807) is 13.0 Å². The van der Waals surface area contributed by atoms with Gasteiger partial charge in [0.2, 0.25) is 5.78 Å². The molecule has 1 N–H and O–H groups in total. The summed E-state index contributed by atoms with van der Waals surface area (Å²) >= 11 is 0. The largest absolute Gasteiger partial charge is 0.319 e. The van der Waals surface area contributed by atoms with Gasteiger partial charge in [0.05, 0.1) is 5.70 Å². The van der Waals surface area contributed by atoms with Crippen LogP contribution in [0.5, 0.6) is 0 Å². The third kappa shape index (κ3) is 7.45. The van der Waals surface area contributed by atoms with Gasteiger partial charge in [-0.15, -0.1) is 0 Å². The van der Waals surface area contributed by atoms with Gasteiger partial charge in [-0.25, -0.2) is 0 Å². The molecule has 1 heterocycles. The minimum Gasteiger partial charge on any atom is -0.319 e. The molecule has 0 spiro atoms. The normalized spacial score (nSPS) is 25.6. The topological polar surface area (TPSA) is 63.2 Å². The van der Waals surface area contributed by atoms with Crippen molar-refractivity contribution < 1.29 is 14.4 Å². The third-order valence-corrected chi connectivity index (χ3v) is 5.43. The summed E-state index contributed by atoms with van der Waals surface area (Å²) in [6.45, 7) is 8.23. The van der Waals surface area contributed by atoms with Crippen LogP contribution in [0, 0.1) is 11.8 Å². The van der Waals surface area contributed by atoms with E-state index in [0.717, 1.165) is 32.1 Å². The van der Waals surface area contributed by atoms with E-state index < -0.39 is 0 Å². The zero-order valence-electron chi connectivity index (χ0n) is 18.1.